The number of aromatic nitrogens is 1. The van der Waals surface area contributed by atoms with Gasteiger partial charge in [0.1, 0.15) is 0 Å². The van der Waals surface area contributed by atoms with Gasteiger partial charge in [-0.05, 0) is 67.4 Å². The molecule has 4 aliphatic rings. The molecule has 7 rings (SSSR count). The van der Waals surface area contributed by atoms with E-state index < -0.39 is 6.10 Å². The van der Waals surface area contributed by atoms with Gasteiger partial charge in [0.25, 0.3) is 0 Å². The molecule has 3 nitrogen and oxygen atoms in total. The number of benzene rings is 2. The minimum Gasteiger partial charge on any atom is -0.390 e. The van der Waals surface area contributed by atoms with Gasteiger partial charge in [0.15, 0.2) is 0 Å². The quantitative estimate of drug-likeness (QED) is 0.592. The van der Waals surface area contributed by atoms with E-state index in [1.54, 1.807) is 0 Å². The SMILES string of the molecule is CC12CC3CC(C)(C1)CC(NCC(O)Cn1c4ccccc4c4ccccc41)(C3)C2. The molecule has 1 heterocycles. The van der Waals surface area contributed by atoms with Crippen LogP contribution in [0.4, 0.5) is 0 Å². The van der Waals surface area contributed by atoms with Gasteiger partial charge in [-0.1, -0.05) is 50.2 Å². The van der Waals surface area contributed by atoms with Gasteiger partial charge in [-0.3, -0.25) is 0 Å². The van der Waals surface area contributed by atoms with E-state index in [9.17, 15) is 5.11 Å². The van der Waals surface area contributed by atoms with Crippen LogP contribution in [0.15, 0.2) is 48.5 Å². The van der Waals surface area contributed by atoms with Crippen molar-refractivity contribution in [3.8, 4) is 0 Å². The lowest BCUT2D eigenvalue weighted by molar-refractivity contribution is -0.119. The Kier molecular flexibility index (Phi) is 3.99. The minimum atomic E-state index is -0.391. The lowest BCUT2D eigenvalue weighted by Crippen LogP contribution is -2.65. The topological polar surface area (TPSA) is 37.2 Å². The minimum absolute atomic E-state index is 0.241. The van der Waals surface area contributed by atoms with Crippen LogP contribution in [0.1, 0.15) is 52.4 Å². The summed E-state index contributed by atoms with van der Waals surface area (Å²) in [5, 5.41) is 17.6. The standard InChI is InChI=1S/C27H34N2O/c1-25-11-19-12-26(2,16-25)18-27(13-19,17-25)28-14-20(30)15-29-23-9-5-3-7-21(23)22-8-4-6-10-24(22)29/h3-10,19-20,28,30H,11-18H2,1-2H3. The monoisotopic (exact) mass is 402 g/mol. The smallest absolute Gasteiger partial charge is 0.0843 e. The summed E-state index contributed by atoms with van der Waals surface area (Å²) in [4.78, 5) is 0. The van der Waals surface area contributed by atoms with Crippen LogP contribution in [-0.4, -0.2) is 27.9 Å². The number of aliphatic hydroxyl groups is 1. The van der Waals surface area contributed by atoms with Gasteiger partial charge in [0, 0.05) is 33.9 Å². The highest BCUT2D eigenvalue weighted by Gasteiger charge is 2.59. The number of β-amino-alcohol motifs (C(OH)–C–C–N with tert-alkyl or cyclic N) is 1. The summed E-state index contributed by atoms with van der Waals surface area (Å²) in [6.45, 7) is 6.34. The van der Waals surface area contributed by atoms with E-state index in [0.717, 1.165) is 5.92 Å². The van der Waals surface area contributed by atoms with Crippen LogP contribution >= 0.6 is 0 Å². The van der Waals surface area contributed by atoms with Crippen LogP contribution in [0.5, 0.6) is 0 Å². The first-order chi connectivity index (χ1) is 14.4. The summed E-state index contributed by atoms with van der Waals surface area (Å²) in [6.07, 6.45) is 7.70. The fourth-order valence-corrected chi connectivity index (χ4v) is 8.45. The largest absolute Gasteiger partial charge is 0.390 e. The van der Waals surface area contributed by atoms with E-state index in [-0.39, 0.29) is 5.54 Å². The third-order valence-electron chi connectivity index (χ3n) is 8.41. The van der Waals surface area contributed by atoms with Gasteiger partial charge < -0.3 is 15.0 Å². The first-order valence-corrected chi connectivity index (χ1v) is 11.8. The highest BCUT2D eigenvalue weighted by molar-refractivity contribution is 6.07. The highest BCUT2D eigenvalue weighted by Crippen LogP contribution is 2.66. The molecule has 0 amide bonds. The number of aliphatic hydroxyl groups excluding tert-OH is 1. The Labute approximate surface area is 179 Å². The highest BCUT2D eigenvalue weighted by atomic mass is 16.3. The van der Waals surface area contributed by atoms with Crippen LogP contribution in [0, 0.1) is 16.7 Å². The lowest BCUT2D eigenvalue weighted by atomic mass is 9.43. The number of nitrogens with one attached hydrogen (secondary N) is 1. The van der Waals surface area contributed by atoms with E-state index in [0.29, 0.717) is 23.9 Å². The molecule has 30 heavy (non-hydrogen) atoms. The molecule has 4 aliphatic carbocycles. The van der Waals surface area contributed by atoms with Crippen LogP contribution in [0.2, 0.25) is 0 Å². The predicted molar refractivity (Wildman–Crippen MR) is 124 cm³/mol. The molecule has 3 atom stereocenters. The Morgan fingerprint density at radius 3 is 2.03 bits per heavy atom. The molecular weight excluding hydrogens is 368 g/mol. The maximum Gasteiger partial charge on any atom is 0.0843 e. The number of para-hydroxylation sites is 2. The van der Waals surface area contributed by atoms with E-state index in [2.05, 4.69) is 72.3 Å². The fraction of sp³-hybridized carbons (Fsp3) is 0.556. The average molecular weight is 403 g/mol. The number of rotatable bonds is 5. The zero-order valence-electron chi connectivity index (χ0n) is 18.3. The Morgan fingerprint density at radius 1 is 0.900 bits per heavy atom. The van der Waals surface area contributed by atoms with Gasteiger partial charge in [-0.2, -0.15) is 0 Å². The third-order valence-corrected chi connectivity index (χ3v) is 8.41. The molecule has 0 saturated heterocycles. The van der Waals surface area contributed by atoms with Gasteiger partial charge >= 0.3 is 0 Å². The maximum atomic E-state index is 11.1. The molecule has 2 aromatic carbocycles. The van der Waals surface area contributed by atoms with Gasteiger partial charge in [0.05, 0.1) is 12.6 Å². The number of nitrogens with zero attached hydrogens (tertiary/aromatic N) is 1. The van der Waals surface area contributed by atoms with E-state index >= 15 is 0 Å². The molecule has 3 heteroatoms. The molecule has 4 saturated carbocycles. The average Bonchev–Trinajstić information content (AvgIpc) is 2.98. The fourth-order valence-electron chi connectivity index (χ4n) is 8.45. The number of hydrogen-bond acceptors (Lipinski definition) is 2. The van der Waals surface area contributed by atoms with E-state index in [1.807, 2.05) is 0 Å². The molecule has 3 unspecified atom stereocenters. The lowest BCUT2D eigenvalue weighted by Gasteiger charge is -2.65. The summed E-state index contributed by atoms with van der Waals surface area (Å²) in [6, 6.07) is 17.1. The zero-order valence-corrected chi connectivity index (χ0v) is 18.3. The third kappa shape index (κ3) is 2.93. The van der Waals surface area contributed by atoms with E-state index in [1.165, 1.54) is 60.3 Å². The van der Waals surface area contributed by atoms with Crippen molar-refractivity contribution >= 4 is 21.8 Å². The maximum absolute atomic E-state index is 11.1. The second-order valence-corrected chi connectivity index (χ2v) is 11.6. The van der Waals surface area contributed by atoms with Gasteiger partial charge in [-0.25, -0.2) is 0 Å². The summed E-state index contributed by atoms with van der Waals surface area (Å²) in [5.41, 5.74) is 3.67. The molecule has 3 aromatic rings. The summed E-state index contributed by atoms with van der Waals surface area (Å²) in [5.74, 6) is 0.873. The van der Waals surface area contributed by atoms with Crippen LogP contribution in [0.25, 0.3) is 21.8 Å². The van der Waals surface area contributed by atoms with Crippen molar-refractivity contribution in [2.24, 2.45) is 16.7 Å². The second-order valence-electron chi connectivity index (χ2n) is 11.6. The Bertz CT molecular complexity index is 1040. The van der Waals surface area contributed by atoms with Gasteiger partial charge in [0.2, 0.25) is 0 Å². The summed E-state index contributed by atoms with van der Waals surface area (Å²) < 4.78 is 2.30. The Morgan fingerprint density at radius 2 is 1.47 bits per heavy atom. The Balaban J connectivity index is 1.24. The van der Waals surface area contributed by atoms with Crippen molar-refractivity contribution < 1.29 is 5.11 Å². The van der Waals surface area contributed by atoms with Crippen molar-refractivity contribution in [3.63, 3.8) is 0 Å². The molecule has 2 N–H and O–H groups in total. The summed E-state index contributed by atoms with van der Waals surface area (Å²) in [7, 11) is 0. The van der Waals surface area contributed by atoms with Crippen molar-refractivity contribution in [1.29, 1.82) is 0 Å². The first-order valence-electron chi connectivity index (χ1n) is 11.8. The van der Waals surface area contributed by atoms with Crippen molar-refractivity contribution in [1.82, 2.24) is 9.88 Å². The second kappa shape index (κ2) is 6.34. The van der Waals surface area contributed by atoms with Crippen LogP contribution < -0.4 is 5.32 Å². The molecule has 158 valence electrons. The molecule has 0 radical (unpaired) electrons. The summed E-state index contributed by atoms with van der Waals surface area (Å²) >= 11 is 0. The molecule has 4 bridgehead atoms. The molecule has 1 aromatic heterocycles. The molecule has 4 fully saturated rings. The zero-order chi connectivity index (χ0) is 20.6. The van der Waals surface area contributed by atoms with Crippen LogP contribution in [-0.2, 0) is 6.54 Å². The predicted octanol–water partition coefficient (Wildman–Crippen LogP) is 5.49. The Hall–Kier alpha value is -1.84. The van der Waals surface area contributed by atoms with E-state index in [4.69, 9.17) is 0 Å². The molecule has 0 aliphatic heterocycles. The normalized spacial score (nSPS) is 36.0. The van der Waals surface area contributed by atoms with Crippen LogP contribution in [0.3, 0.4) is 0 Å². The van der Waals surface area contributed by atoms with Crippen molar-refractivity contribution in [2.45, 2.75) is 70.6 Å². The number of fused-ring (bicyclic) bond motifs is 3. The van der Waals surface area contributed by atoms with Crippen molar-refractivity contribution in [2.75, 3.05) is 6.54 Å². The number of hydrogen-bond donors (Lipinski definition) is 2. The molecular formula is C27H34N2O. The van der Waals surface area contributed by atoms with Gasteiger partial charge in [-0.15, -0.1) is 0 Å². The molecule has 0 spiro atoms. The first kappa shape index (κ1) is 18.9. The van der Waals surface area contributed by atoms with Crippen molar-refractivity contribution in [3.05, 3.63) is 48.5 Å².